The summed E-state index contributed by atoms with van der Waals surface area (Å²) in [6, 6.07) is 8.60. The molecule has 1 aliphatic heterocycles. The molecule has 1 fully saturated rings. The van der Waals surface area contributed by atoms with Crippen molar-refractivity contribution in [3.63, 3.8) is 0 Å². The summed E-state index contributed by atoms with van der Waals surface area (Å²) in [5.41, 5.74) is 1.52. The Morgan fingerprint density at radius 2 is 1.75 bits per heavy atom. The number of amides is 1. The van der Waals surface area contributed by atoms with E-state index in [1.54, 1.807) is 41.3 Å². The molecule has 28 heavy (non-hydrogen) atoms. The molecule has 1 saturated heterocycles. The number of halogens is 4. The number of carbonyl (C=O) groups is 1. The molecule has 3 nitrogen and oxygen atoms in total. The smallest absolute Gasteiger partial charge is 0.266 e. The van der Waals surface area contributed by atoms with Crippen LogP contribution in [0.15, 0.2) is 35.2 Å². The van der Waals surface area contributed by atoms with Crippen molar-refractivity contribution in [2.75, 3.05) is 6.54 Å². The fraction of sp³-hybridized carbons (Fsp3) is 0.158. The highest BCUT2D eigenvalue weighted by molar-refractivity contribution is 8.26. The Labute approximate surface area is 192 Å². The predicted molar refractivity (Wildman–Crippen MR) is 123 cm³/mol. The number of hydrogen-bond donors (Lipinski definition) is 0. The van der Waals surface area contributed by atoms with Crippen molar-refractivity contribution in [1.29, 1.82) is 0 Å². The van der Waals surface area contributed by atoms with Gasteiger partial charge in [0.25, 0.3) is 5.91 Å². The van der Waals surface area contributed by atoms with Gasteiger partial charge in [-0.25, -0.2) is 0 Å². The van der Waals surface area contributed by atoms with Gasteiger partial charge in [0.15, 0.2) is 5.75 Å². The van der Waals surface area contributed by atoms with Gasteiger partial charge in [-0.05, 0) is 48.4 Å². The van der Waals surface area contributed by atoms with Gasteiger partial charge in [-0.3, -0.25) is 9.69 Å². The molecule has 3 rings (SSSR count). The summed E-state index contributed by atoms with van der Waals surface area (Å²) in [5.74, 6) is 0.234. The zero-order valence-corrected chi connectivity index (χ0v) is 19.1. The van der Waals surface area contributed by atoms with Crippen LogP contribution in [0.1, 0.15) is 18.1 Å². The first kappa shape index (κ1) is 21.8. The molecule has 146 valence electrons. The normalized spacial score (nSPS) is 15.6. The summed E-state index contributed by atoms with van der Waals surface area (Å²) in [7, 11) is 0. The van der Waals surface area contributed by atoms with Crippen LogP contribution in [-0.4, -0.2) is 21.7 Å². The first-order valence-electron chi connectivity index (χ1n) is 8.11. The highest BCUT2D eigenvalue weighted by Crippen LogP contribution is 2.38. The zero-order valence-electron chi connectivity index (χ0n) is 14.5. The molecule has 1 heterocycles. The van der Waals surface area contributed by atoms with Gasteiger partial charge in [0.05, 0.1) is 25.0 Å². The lowest BCUT2D eigenvalue weighted by atomic mass is 10.2. The summed E-state index contributed by atoms with van der Waals surface area (Å²) < 4.78 is 6.30. The number of ether oxygens (including phenoxy) is 1. The van der Waals surface area contributed by atoms with Crippen LogP contribution in [0.3, 0.4) is 0 Å². The monoisotopic (exact) mass is 491 g/mol. The molecule has 2 aromatic carbocycles. The molecule has 0 radical (unpaired) electrons. The fourth-order valence-corrected chi connectivity index (χ4v) is 4.83. The minimum Gasteiger partial charge on any atom is -0.486 e. The first-order valence-corrected chi connectivity index (χ1v) is 10.8. The van der Waals surface area contributed by atoms with E-state index in [0.29, 0.717) is 47.2 Å². The standard InChI is InChI=1S/C19H13Cl4NO2S2/c1-2-24-18(25)16(28-19(24)27)8-11-6-14(22)17(15(23)7-11)26-9-10-3-4-12(20)13(21)5-10/h3-8H,2,9H2,1H3. The van der Waals surface area contributed by atoms with Crippen LogP contribution >= 0.6 is 70.4 Å². The van der Waals surface area contributed by atoms with E-state index < -0.39 is 0 Å². The lowest BCUT2D eigenvalue weighted by Crippen LogP contribution is -2.27. The molecule has 0 N–H and O–H groups in total. The van der Waals surface area contributed by atoms with Gasteiger partial charge in [-0.2, -0.15) is 0 Å². The van der Waals surface area contributed by atoms with E-state index in [2.05, 4.69) is 0 Å². The molecular weight excluding hydrogens is 480 g/mol. The van der Waals surface area contributed by atoms with Crippen molar-refractivity contribution in [2.24, 2.45) is 0 Å². The maximum Gasteiger partial charge on any atom is 0.266 e. The second kappa shape index (κ2) is 9.24. The van der Waals surface area contributed by atoms with Gasteiger partial charge in [-0.15, -0.1) is 0 Å². The van der Waals surface area contributed by atoms with Gasteiger partial charge < -0.3 is 4.74 Å². The summed E-state index contributed by atoms with van der Waals surface area (Å²) in [6.45, 7) is 2.64. The number of benzene rings is 2. The first-order chi connectivity index (χ1) is 13.3. The van der Waals surface area contributed by atoms with E-state index in [0.717, 1.165) is 5.56 Å². The van der Waals surface area contributed by atoms with Gasteiger partial charge in [0.2, 0.25) is 0 Å². The molecule has 0 atom stereocenters. The number of rotatable bonds is 5. The molecular formula is C19H13Cl4NO2S2. The number of carbonyl (C=O) groups excluding carboxylic acids is 1. The quantitative estimate of drug-likeness (QED) is 0.328. The number of likely N-dealkylation sites (N-methyl/N-ethyl adjacent to an activating group) is 1. The fourth-order valence-electron chi connectivity index (χ4n) is 2.51. The second-order valence-corrected chi connectivity index (χ2v) is 9.08. The molecule has 0 aliphatic carbocycles. The van der Waals surface area contributed by atoms with Crippen LogP contribution in [0.2, 0.25) is 20.1 Å². The van der Waals surface area contributed by atoms with Crippen LogP contribution in [-0.2, 0) is 11.4 Å². The van der Waals surface area contributed by atoms with Crippen molar-refractivity contribution in [3.05, 3.63) is 66.5 Å². The average Bonchev–Trinajstić information content (AvgIpc) is 2.90. The zero-order chi connectivity index (χ0) is 20.4. The highest BCUT2D eigenvalue weighted by Gasteiger charge is 2.30. The van der Waals surface area contributed by atoms with Gasteiger partial charge in [-0.1, -0.05) is 76.4 Å². The Bertz CT molecular complexity index is 971. The summed E-state index contributed by atoms with van der Waals surface area (Å²) in [4.78, 5) is 14.4. The molecule has 1 amide bonds. The van der Waals surface area contributed by atoms with Crippen LogP contribution in [0.4, 0.5) is 0 Å². The lowest BCUT2D eigenvalue weighted by Gasteiger charge is -2.12. The lowest BCUT2D eigenvalue weighted by molar-refractivity contribution is -0.121. The van der Waals surface area contributed by atoms with Crippen molar-refractivity contribution in [1.82, 2.24) is 4.90 Å². The van der Waals surface area contributed by atoms with E-state index in [-0.39, 0.29) is 12.5 Å². The molecule has 1 aliphatic rings. The minimum absolute atomic E-state index is 0.121. The highest BCUT2D eigenvalue weighted by atomic mass is 35.5. The second-order valence-electron chi connectivity index (χ2n) is 5.78. The molecule has 9 heteroatoms. The van der Waals surface area contributed by atoms with Crippen molar-refractivity contribution >= 4 is 86.7 Å². The third kappa shape index (κ3) is 4.78. The van der Waals surface area contributed by atoms with E-state index in [9.17, 15) is 4.79 Å². The molecule has 0 bridgehead atoms. The van der Waals surface area contributed by atoms with E-state index >= 15 is 0 Å². The SMILES string of the molecule is CCN1C(=O)C(=Cc2cc(Cl)c(OCc3ccc(Cl)c(Cl)c3)c(Cl)c2)SC1=S. The van der Waals surface area contributed by atoms with Crippen molar-refractivity contribution in [2.45, 2.75) is 13.5 Å². The van der Waals surface area contributed by atoms with Crippen LogP contribution in [0, 0.1) is 0 Å². The van der Waals surface area contributed by atoms with Crippen molar-refractivity contribution in [3.8, 4) is 5.75 Å². The molecule has 0 aromatic heterocycles. The van der Waals surface area contributed by atoms with Gasteiger partial charge in [0, 0.05) is 6.54 Å². The van der Waals surface area contributed by atoms with Crippen molar-refractivity contribution < 1.29 is 9.53 Å². The van der Waals surface area contributed by atoms with E-state index in [1.807, 2.05) is 6.92 Å². The summed E-state index contributed by atoms with van der Waals surface area (Å²) >= 11 is 31.1. The number of hydrogen-bond acceptors (Lipinski definition) is 4. The Morgan fingerprint density at radius 3 is 2.32 bits per heavy atom. The third-order valence-corrected chi connectivity index (χ3v) is 6.55. The number of nitrogens with zero attached hydrogens (tertiary/aromatic N) is 1. The molecule has 2 aromatic rings. The Morgan fingerprint density at radius 1 is 1.07 bits per heavy atom. The molecule has 0 unspecified atom stereocenters. The Balaban J connectivity index is 1.79. The average molecular weight is 493 g/mol. The topological polar surface area (TPSA) is 29.5 Å². The number of thiocarbonyl (C=S) groups is 1. The Hall–Kier alpha value is -0.950. The summed E-state index contributed by atoms with van der Waals surface area (Å²) in [5, 5.41) is 1.59. The van der Waals surface area contributed by atoms with Crippen LogP contribution < -0.4 is 4.74 Å². The van der Waals surface area contributed by atoms with Gasteiger partial charge in [0.1, 0.15) is 10.9 Å². The van der Waals surface area contributed by atoms with Gasteiger partial charge >= 0.3 is 0 Å². The van der Waals surface area contributed by atoms with E-state index in [4.69, 9.17) is 63.4 Å². The summed E-state index contributed by atoms with van der Waals surface area (Å²) in [6.07, 6.45) is 1.72. The maximum atomic E-state index is 12.3. The largest absolute Gasteiger partial charge is 0.486 e. The predicted octanol–water partition coefficient (Wildman–Crippen LogP) is 7.10. The Kier molecular flexibility index (Phi) is 7.18. The van der Waals surface area contributed by atoms with E-state index in [1.165, 1.54) is 11.8 Å². The minimum atomic E-state index is -0.121. The maximum absolute atomic E-state index is 12.3. The molecule has 0 saturated carbocycles. The number of thioether (sulfide) groups is 1. The van der Waals surface area contributed by atoms with Crippen LogP contribution in [0.25, 0.3) is 6.08 Å². The van der Waals surface area contributed by atoms with Crippen LogP contribution in [0.5, 0.6) is 5.75 Å². The third-order valence-electron chi connectivity index (χ3n) is 3.88. The molecule has 0 spiro atoms.